The molecule has 2 saturated heterocycles. The van der Waals surface area contributed by atoms with Crippen LogP contribution in [0.2, 0.25) is 0 Å². The number of hydrogen-bond donors (Lipinski definition) is 1. The fourth-order valence-electron chi connectivity index (χ4n) is 3.46. The fourth-order valence-corrected chi connectivity index (χ4v) is 3.46. The lowest BCUT2D eigenvalue weighted by molar-refractivity contribution is -0.136. The number of carbonyl (C=O) groups excluding carboxylic acids is 1. The van der Waals surface area contributed by atoms with Crippen LogP contribution in [0.25, 0.3) is 0 Å². The van der Waals surface area contributed by atoms with E-state index in [1.165, 1.54) is 11.3 Å². The van der Waals surface area contributed by atoms with Gasteiger partial charge in [-0.25, -0.2) is 0 Å². The normalized spacial score (nSPS) is 25.0. The van der Waals surface area contributed by atoms with Gasteiger partial charge in [-0.2, -0.15) is 0 Å². The van der Waals surface area contributed by atoms with E-state index < -0.39 is 0 Å². The lowest BCUT2D eigenvalue weighted by Gasteiger charge is -2.38. The minimum absolute atomic E-state index is 0. The second-order valence-corrected chi connectivity index (χ2v) is 6.34. The Morgan fingerprint density at radius 3 is 2.41 bits per heavy atom. The highest BCUT2D eigenvalue weighted by atomic mass is 35.5. The number of rotatable bonds is 2. The third kappa shape index (κ3) is 3.39. The first-order valence-electron chi connectivity index (χ1n) is 7.97. The molecular formula is C17H26ClN3O. The Morgan fingerprint density at radius 2 is 1.82 bits per heavy atom. The molecule has 2 aliphatic rings. The van der Waals surface area contributed by atoms with Crippen LogP contribution >= 0.6 is 12.4 Å². The lowest BCUT2D eigenvalue weighted by Crippen LogP contribution is -2.51. The zero-order chi connectivity index (χ0) is 14.8. The van der Waals surface area contributed by atoms with Gasteiger partial charge in [0.05, 0.1) is 5.92 Å². The van der Waals surface area contributed by atoms with Crippen molar-refractivity contribution >= 4 is 24.0 Å². The second-order valence-electron chi connectivity index (χ2n) is 6.34. The monoisotopic (exact) mass is 323 g/mol. The van der Waals surface area contributed by atoms with E-state index in [0.717, 1.165) is 39.3 Å². The van der Waals surface area contributed by atoms with Gasteiger partial charge in [0.25, 0.3) is 0 Å². The summed E-state index contributed by atoms with van der Waals surface area (Å²) < 4.78 is 0. The van der Waals surface area contributed by atoms with E-state index in [9.17, 15) is 4.79 Å². The van der Waals surface area contributed by atoms with E-state index in [-0.39, 0.29) is 18.3 Å². The van der Waals surface area contributed by atoms with Gasteiger partial charge < -0.3 is 15.1 Å². The van der Waals surface area contributed by atoms with E-state index in [4.69, 9.17) is 0 Å². The molecule has 2 fully saturated rings. The molecule has 0 radical (unpaired) electrons. The summed E-state index contributed by atoms with van der Waals surface area (Å²) in [6.45, 7) is 9.70. The van der Waals surface area contributed by atoms with E-state index in [1.807, 2.05) is 0 Å². The number of anilines is 1. The van der Waals surface area contributed by atoms with Crippen molar-refractivity contribution in [3.05, 3.63) is 29.8 Å². The third-order valence-corrected chi connectivity index (χ3v) is 4.88. The quantitative estimate of drug-likeness (QED) is 0.903. The Balaban J connectivity index is 0.00000176. The first-order chi connectivity index (χ1) is 10.2. The van der Waals surface area contributed by atoms with Crippen molar-refractivity contribution in [2.24, 2.45) is 11.8 Å². The maximum Gasteiger partial charge on any atom is 0.227 e. The molecule has 122 valence electrons. The van der Waals surface area contributed by atoms with Crippen molar-refractivity contribution in [3.8, 4) is 0 Å². The van der Waals surface area contributed by atoms with E-state index in [2.05, 4.69) is 53.2 Å². The average molecular weight is 324 g/mol. The first-order valence-corrected chi connectivity index (χ1v) is 7.97. The molecule has 2 atom stereocenters. The highest BCUT2D eigenvalue weighted by Crippen LogP contribution is 2.23. The summed E-state index contributed by atoms with van der Waals surface area (Å²) in [4.78, 5) is 17.0. The standard InChI is InChI=1S/C17H25N3O.ClH/c1-13-5-3-4-6-16(13)19-7-9-20(10-8-19)17(21)15-12-18-11-14(15)2;/h3-6,14-15,18H,7-12H2,1-2H3;1H/t14-,15-;/m1./s1. The third-order valence-electron chi connectivity index (χ3n) is 4.88. The largest absolute Gasteiger partial charge is 0.368 e. The van der Waals surface area contributed by atoms with Crippen molar-refractivity contribution in [1.82, 2.24) is 10.2 Å². The maximum absolute atomic E-state index is 12.6. The van der Waals surface area contributed by atoms with Gasteiger partial charge in [0.15, 0.2) is 0 Å². The Kier molecular flexibility index (Phi) is 5.70. The van der Waals surface area contributed by atoms with Crippen LogP contribution in [0.1, 0.15) is 12.5 Å². The summed E-state index contributed by atoms with van der Waals surface area (Å²) in [6.07, 6.45) is 0. The van der Waals surface area contributed by atoms with E-state index in [1.54, 1.807) is 0 Å². The summed E-state index contributed by atoms with van der Waals surface area (Å²) in [5, 5.41) is 3.33. The van der Waals surface area contributed by atoms with Gasteiger partial charge in [-0.1, -0.05) is 25.1 Å². The highest BCUT2D eigenvalue weighted by molar-refractivity contribution is 5.85. The summed E-state index contributed by atoms with van der Waals surface area (Å²) in [5.41, 5.74) is 2.62. The van der Waals surface area contributed by atoms with Gasteiger partial charge in [-0.05, 0) is 31.0 Å². The molecule has 0 bridgehead atoms. The van der Waals surface area contributed by atoms with Gasteiger partial charge >= 0.3 is 0 Å². The molecule has 0 unspecified atom stereocenters. The van der Waals surface area contributed by atoms with Crippen molar-refractivity contribution in [3.63, 3.8) is 0 Å². The van der Waals surface area contributed by atoms with E-state index in [0.29, 0.717) is 11.8 Å². The molecule has 3 rings (SSSR count). The Bertz CT molecular complexity index is 514. The van der Waals surface area contributed by atoms with Crippen LogP contribution in [0, 0.1) is 18.8 Å². The molecule has 1 N–H and O–H groups in total. The number of nitrogens with zero attached hydrogens (tertiary/aromatic N) is 2. The molecule has 22 heavy (non-hydrogen) atoms. The smallest absolute Gasteiger partial charge is 0.227 e. The Morgan fingerprint density at radius 1 is 1.14 bits per heavy atom. The van der Waals surface area contributed by atoms with Crippen molar-refractivity contribution in [2.45, 2.75) is 13.8 Å². The number of aryl methyl sites for hydroxylation is 1. The Labute approximate surface area is 139 Å². The molecule has 2 aliphatic heterocycles. The van der Waals surface area contributed by atoms with Gasteiger partial charge in [-0.15, -0.1) is 12.4 Å². The molecule has 0 saturated carbocycles. The maximum atomic E-state index is 12.6. The molecule has 0 spiro atoms. The topological polar surface area (TPSA) is 35.6 Å². The second kappa shape index (κ2) is 7.34. The molecule has 1 amide bonds. The van der Waals surface area contributed by atoms with Crippen LogP contribution in [0.4, 0.5) is 5.69 Å². The van der Waals surface area contributed by atoms with Gasteiger partial charge in [0, 0.05) is 38.4 Å². The zero-order valence-corrected chi connectivity index (χ0v) is 14.2. The fraction of sp³-hybridized carbons (Fsp3) is 0.588. The SMILES string of the molecule is Cc1ccccc1N1CCN(C(=O)[C@@H]2CNC[C@H]2C)CC1.Cl. The summed E-state index contributed by atoms with van der Waals surface area (Å²) in [6, 6.07) is 8.49. The van der Waals surface area contributed by atoms with Crippen LogP contribution in [0.5, 0.6) is 0 Å². The number of nitrogens with one attached hydrogen (secondary N) is 1. The molecule has 0 aliphatic carbocycles. The van der Waals surface area contributed by atoms with Crippen molar-refractivity contribution in [2.75, 3.05) is 44.2 Å². The van der Waals surface area contributed by atoms with Crippen LogP contribution in [0.15, 0.2) is 24.3 Å². The summed E-state index contributed by atoms with van der Waals surface area (Å²) >= 11 is 0. The molecular weight excluding hydrogens is 298 g/mol. The van der Waals surface area contributed by atoms with Crippen LogP contribution < -0.4 is 10.2 Å². The van der Waals surface area contributed by atoms with E-state index >= 15 is 0 Å². The first kappa shape index (κ1) is 17.1. The van der Waals surface area contributed by atoms with Gasteiger partial charge in [0.1, 0.15) is 0 Å². The highest BCUT2D eigenvalue weighted by Gasteiger charge is 2.34. The molecule has 1 aromatic rings. The number of piperazine rings is 1. The number of hydrogen-bond acceptors (Lipinski definition) is 3. The number of carbonyl (C=O) groups is 1. The lowest BCUT2D eigenvalue weighted by atomic mass is 9.96. The molecule has 0 aromatic heterocycles. The molecule has 2 heterocycles. The minimum Gasteiger partial charge on any atom is -0.368 e. The zero-order valence-electron chi connectivity index (χ0n) is 13.4. The molecule has 5 heteroatoms. The predicted octanol–water partition coefficient (Wildman–Crippen LogP) is 1.92. The number of para-hydroxylation sites is 1. The molecule has 4 nitrogen and oxygen atoms in total. The van der Waals surface area contributed by atoms with Crippen LogP contribution in [-0.4, -0.2) is 50.1 Å². The summed E-state index contributed by atoms with van der Waals surface area (Å²) in [7, 11) is 0. The van der Waals surface area contributed by atoms with Crippen molar-refractivity contribution in [1.29, 1.82) is 0 Å². The van der Waals surface area contributed by atoms with Crippen molar-refractivity contribution < 1.29 is 4.79 Å². The molecule has 1 aromatic carbocycles. The predicted molar refractivity (Wildman–Crippen MR) is 92.7 cm³/mol. The van der Waals surface area contributed by atoms with Crippen LogP contribution in [0.3, 0.4) is 0 Å². The van der Waals surface area contributed by atoms with Gasteiger partial charge in [0.2, 0.25) is 5.91 Å². The van der Waals surface area contributed by atoms with Gasteiger partial charge in [-0.3, -0.25) is 4.79 Å². The van der Waals surface area contributed by atoms with Crippen LogP contribution in [-0.2, 0) is 4.79 Å². The number of benzene rings is 1. The number of halogens is 1. The summed E-state index contributed by atoms with van der Waals surface area (Å²) in [5.74, 6) is 0.985. The Hall–Kier alpha value is -1.26. The number of amides is 1. The minimum atomic E-state index is 0. The average Bonchev–Trinajstić information content (AvgIpc) is 2.93.